The monoisotopic (exact) mass is 361 g/mol. The second-order valence-electron chi connectivity index (χ2n) is 5.86. The van der Waals surface area contributed by atoms with Crippen LogP contribution < -0.4 is 10.6 Å². The molecule has 3 N–H and O–H groups in total. The van der Waals surface area contributed by atoms with Gasteiger partial charge in [0.15, 0.2) is 5.76 Å². The minimum absolute atomic E-state index is 0.179. The highest BCUT2D eigenvalue weighted by atomic mass is 16.3. The highest BCUT2D eigenvalue weighted by Gasteiger charge is 2.12. The van der Waals surface area contributed by atoms with Crippen LogP contribution in [0.3, 0.4) is 0 Å². The van der Waals surface area contributed by atoms with Crippen molar-refractivity contribution in [3.05, 3.63) is 72.2 Å². The standard InChI is InChI=1S/C19H15N5O3/c25-17(23-19-20-11-21-24-19)9-12-5-7-14(8-6-12)22-18(26)16-10-13-3-1-2-4-15(13)27-16/h1-8,10-11H,9H2,(H,22,26)(H2,20,21,23,24,25). The maximum Gasteiger partial charge on any atom is 0.291 e. The van der Waals surface area contributed by atoms with Gasteiger partial charge in [0.25, 0.3) is 5.91 Å². The Balaban J connectivity index is 1.38. The predicted octanol–water partition coefficient (Wildman–Crippen LogP) is 2.98. The summed E-state index contributed by atoms with van der Waals surface area (Å²) in [6, 6.07) is 16.1. The number of aromatic amines is 1. The van der Waals surface area contributed by atoms with Crippen molar-refractivity contribution in [3.63, 3.8) is 0 Å². The molecule has 4 rings (SSSR count). The number of aromatic nitrogens is 3. The van der Waals surface area contributed by atoms with Gasteiger partial charge in [-0.1, -0.05) is 30.3 Å². The fourth-order valence-electron chi connectivity index (χ4n) is 2.62. The van der Waals surface area contributed by atoms with Gasteiger partial charge in [-0.3, -0.25) is 14.9 Å². The van der Waals surface area contributed by atoms with E-state index in [1.807, 2.05) is 24.3 Å². The van der Waals surface area contributed by atoms with Gasteiger partial charge in [-0.25, -0.2) is 5.10 Å². The van der Waals surface area contributed by atoms with Crippen molar-refractivity contribution >= 4 is 34.4 Å². The van der Waals surface area contributed by atoms with Crippen molar-refractivity contribution in [2.75, 3.05) is 10.6 Å². The molecule has 0 radical (unpaired) electrons. The first-order chi connectivity index (χ1) is 13.2. The molecule has 0 bridgehead atoms. The molecule has 0 aliphatic carbocycles. The fraction of sp³-hybridized carbons (Fsp3) is 0.0526. The lowest BCUT2D eigenvalue weighted by Crippen LogP contribution is -2.15. The first-order valence-corrected chi connectivity index (χ1v) is 8.21. The van der Waals surface area contributed by atoms with E-state index in [0.717, 1.165) is 10.9 Å². The second kappa shape index (κ2) is 7.12. The summed E-state index contributed by atoms with van der Waals surface area (Å²) in [5.41, 5.74) is 2.07. The van der Waals surface area contributed by atoms with Crippen LogP contribution in [0.2, 0.25) is 0 Å². The molecule has 0 fully saturated rings. The normalized spacial score (nSPS) is 10.7. The molecule has 8 heteroatoms. The van der Waals surface area contributed by atoms with E-state index in [2.05, 4.69) is 25.8 Å². The number of carbonyl (C=O) groups is 2. The number of H-pyrrole nitrogens is 1. The summed E-state index contributed by atoms with van der Waals surface area (Å²) < 4.78 is 5.55. The predicted molar refractivity (Wildman–Crippen MR) is 99.3 cm³/mol. The van der Waals surface area contributed by atoms with Gasteiger partial charge in [0.05, 0.1) is 6.42 Å². The van der Waals surface area contributed by atoms with Crippen molar-refractivity contribution < 1.29 is 14.0 Å². The largest absolute Gasteiger partial charge is 0.451 e. The number of nitrogens with zero attached hydrogens (tertiary/aromatic N) is 2. The highest BCUT2D eigenvalue weighted by molar-refractivity contribution is 6.04. The number of carbonyl (C=O) groups excluding carboxylic acids is 2. The molecule has 0 unspecified atom stereocenters. The summed E-state index contributed by atoms with van der Waals surface area (Å²) in [6.45, 7) is 0. The van der Waals surface area contributed by atoms with Gasteiger partial charge in [0.1, 0.15) is 11.9 Å². The van der Waals surface area contributed by atoms with Crippen LogP contribution in [-0.4, -0.2) is 27.0 Å². The number of hydrogen-bond acceptors (Lipinski definition) is 5. The highest BCUT2D eigenvalue weighted by Crippen LogP contribution is 2.20. The third kappa shape index (κ3) is 3.84. The molecule has 2 aromatic heterocycles. The van der Waals surface area contributed by atoms with Gasteiger partial charge in [0, 0.05) is 11.1 Å². The van der Waals surface area contributed by atoms with E-state index >= 15 is 0 Å². The maximum absolute atomic E-state index is 12.3. The van der Waals surface area contributed by atoms with Crippen LogP contribution in [0.5, 0.6) is 0 Å². The fourth-order valence-corrected chi connectivity index (χ4v) is 2.62. The SMILES string of the molecule is O=C(Cc1ccc(NC(=O)c2cc3ccccc3o2)cc1)Nc1ncn[nH]1. The van der Waals surface area contributed by atoms with Crippen LogP contribution in [0, 0.1) is 0 Å². The van der Waals surface area contributed by atoms with Crippen LogP contribution in [0.4, 0.5) is 11.6 Å². The van der Waals surface area contributed by atoms with Crippen molar-refractivity contribution in [2.24, 2.45) is 0 Å². The summed E-state index contributed by atoms with van der Waals surface area (Å²) in [5, 5.41) is 12.5. The zero-order valence-corrected chi connectivity index (χ0v) is 14.1. The van der Waals surface area contributed by atoms with Crippen molar-refractivity contribution in [1.29, 1.82) is 0 Å². The van der Waals surface area contributed by atoms with E-state index in [1.54, 1.807) is 30.3 Å². The molecule has 4 aromatic rings. The molecular formula is C19H15N5O3. The van der Waals surface area contributed by atoms with E-state index in [9.17, 15) is 9.59 Å². The number of hydrogen-bond donors (Lipinski definition) is 3. The molecule has 0 saturated carbocycles. The first-order valence-electron chi connectivity index (χ1n) is 8.21. The van der Waals surface area contributed by atoms with E-state index in [1.165, 1.54) is 6.33 Å². The number of rotatable bonds is 5. The second-order valence-corrected chi connectivity index (χ2v) is 5.86. The number of nitrogens with one attached hydrogen (secondary N) is 3. The van der Waals surface area contributed by atoms with Gasteiger partial charge in [-0.15, -0.1) is 0 Å². The Morgan fingerprint density at radius 3 is 2.59 bits per heavy atom. The Labute approximate surface area is 153 Å². The number of para-hydroxylation sites is 1. The van der Waals surface area contributed by atoms with Crippen LogP contribution in [0.1, 0.15) is 16.1 Å². The Bertz CT molecular complexity index is 1050. The molecule has 0 spiro atoms. The van der Waals surface area contributed by atoms with Crippen LogP contribution in [0.25, 0.3) is 11.0 Å². The van der Waals surface area contributed by atoms with Crippen molar-refractivity contribution in [1.82, 2.24) is 15.2 Å². The minimum Gasteiger partial charge on any atom is -0.451 e. The van der Waals surface area contributed by atoms with Gasteiger partial charge in [0.2, 0.25) is 11.9 Å². The third-order valence-electron chi connectivity index (χ3n) is 3.90. The van der Waals surface area contributed by atoms with Gasteiger partial charge in [-0.2, -0.15) is 10.1 Å². The summed E-state index contributed by atoms with van der Waals surface area (Å²) >= 11 is 0. The lowest BCUT2D eigenvalue weighted by Gasteiger charge is -2.05. The summed E-state index contributed by atoms with van der Waals surface area (Å²) in [6.07, 6.45) is 1.49. The van der Waals surface area contributed by atoms with E-state index in [0.29, 0.717) is 17.2 Å². The summed E-state index contributed by atoms with van der Waals surface area (Å²) in [4.78, 5) is 28.1. The Morgan fingerprint density at radius 2 is 1.85 bits per heavy atom. The first kappa shape index (κ1) is 16.5. The number of anilines is 2. The number of fused-ring (bicyclic) bond motifs is 1. The van der Waals surface area contributed by atoms with Gasteiger partial charge >= 0.3 is 0 Å². The molecule has 8 nitrogen and oxygen atoms in total. The molecule has 134 valence electrons. The molecule has 2 aromatic carbocycles. The molecule has 2 amide bonds. The molecule has 0 saturated heterocycles. The Kier molecular flexibility index (Phi) is 4.36. The minimum atomic E-state index is -0.331. The van der Waals surface area contributed by atoms with Crippen molar-refractivity contribution in [2.45, 2.75) is 6.42 Å². The topological polar surface area (TPSA) is 113 Å². The average Bonchev–Trinajstić information content (AvgIpc) is 3.32. The summed E-state index contributed by atoms with van der Waals surface area (Å²) in [5.74, 6) is -0.00532. The molecular weight excluding hydrogens is 346 g/mol. The van der Waals surface area contributed by atoms with Crippen LogP contribution in [0.15, 0.2) is 65.3 Å². The van der Waals surface area contributed by atoms with E-state index in [-0.39, 0.29) is 24.0 Å². The Hall–Kier alpha value is -3.94. The summed E-state index contributed by atoms with van der Waals surface area (Å²) in [7, 11) is 0. The third-order valence-corrected chi connectivity index (χ3v) is 3.90. The van der Waals surface area contributed by atoms with Crippen molar-refractivity contribution in [3.8, 4) is 0 Å². The zero-order valence-electron chi connectivity index (χ0n) is 14.1. The molecule has 0 aliphatic heterocycles. The van der Waals surface area contributed by atoms with Crippen LogP contribution in [-0.2, 0) is 11.2 Å². The maximum atomic E-state index is 12.3. The quantitative estimate of drug-likeness (QED) is 0.506. The smallest absolute Gasteiger partial charge is 0.291 e. The number of benzene rings is 2. The zero-order chi connectivity index (χ0) is 18.6. The van der Waals surface area contributed by atoms with Crippen LogP contribution >= 0.6 is 0 Å². The lowest BCUT2D eigenvalue weighted by atomic mass is 10.1. The van der Waals surface area contributed by atoms with E-state index < -0.39 is 0 Å². The average molecular weight is 361 g/mol. The number of amides is 2. The lowest BCUT2D eigenvalue weighted by molar-refractivity contribution is -0.115. The molecule has 27 heavy (non-hydrogen) atoms. The van der Waals surface area contributed by atoms with E-state index in [4.69, 9.17) is 4.42 Å². The number of furan rings is 1. The molecule has 0 atom stereocenters. The Morgan fingerprint density at radius 1 is 1.04 bits per heavy atom. The van der Waals surface area contributed by atoms with Gasteiger partial charge in [-0.05, 0) is 29.8 Å². The molecule has 2 heterocycles. The molecule has 0 aliphatic rings. The van der Waals surface area contributed by atoms with Gasteiger partial charge < -0.3 is 9.73 Å².